The lowest BCUT2D eigenvalue weighted by Crippen LogP contribution is -2.37. The van der Waals surface area contributed by atoms with Crippen LogP contribution < -0.4 is 0 Å². The van der Waals surface area contributed by atoms with Crippen molar-refractivity contribution >= 4 is 11.6 Å². The Morgan fingerprint density at radius 3 is 2.36 bits per heavy atom. The summed E-state index contributed by atoms with van der Waals surface area (Å²) in [6.07, 6.45) is 3.74. The van der Waals surface area contributed by atoms with Gasteiger partial charge in [-0.05, 0) is 81.7 Å². The van der Waals surface area contributed by atoms with Crippen LogP contribution >= 0.6 is 0 Å². The molecule has 5 heteroatoms. The molecular formula is C23H26FNO3. The number of hydrogen-bond donors (Lipinski definition) is 1. The van der Waals surface area contributed by atoms with Crippen molar-refractivity contribution in [3.05, 3.63) is 65.5 Å². The number of ketones is 2. The first-order chi connectivity index (χ1) is 13.5. The zero-order valence-corrected chi connectivity index (χ0v) is 15.9. The number of piperidine rings is 1. The predicted molar refractivity (Wildman–Crippen MR) is 106 cm³/mol. The predicted octanol–water partition coefficient (Wildman–Crippen LogP) is 4.48. The van der Waals surface area contributed by atoms with E-state index in [1.807, 2.05) is 0 Å². The quantitative estimate of drug-likeness (QED) is 0.539. The fraction of sp³-hybridized carbons (Fsp3) is 0.391. The number of hydrogen-bond acceptors (Lipinski definition) is 4. The fourth-order valence-corrected chi connectivity index (χ4v) is 3.73. The van der Waals surface area contributed by atoms with E-state index in [4.69, 9.17) is 0 Å². The molecule has 1 fully saturated rings. The van der Waals surface area contributed by atoms with Gasteiger partial charge in [-0.25, -0.2) is 4.39 Å². The third-order valence-corrected chi connectivity index (χ3v) is 5.42. The number of aromatic hydroxyl groups is 1. The monoisotopic (exact) mass is 383 g/mol. The largest absolute Gasteiger partial charge is 0.507 e. The van der Waals surface area contributed by atoms with E-state index in [9.17, 15) is 19.1 Å². The number of para-hydroxylation sites is 1. The average Bonchev–Trinajstić information content (AvgIpc) is 2.72. The number of benzene rings is 2. The van der Waals surface area contributed by atoms with Crippen LogP contribution in [0.4, 0.5) is 4.39 Å². The van der Waals surface area contributed by atoms with Crippen LogP contribution in [0.3, 0.4) is 0 Å². The first kappa shape index (κ1) is 20.2. The highest BCUT2D eigenvalue weighted by atomic mass is 19.1. The maximum Gasteiger partial charge on any atom is 0.166 e. The van der Waals surface area contributed by atoms with E-state index >= 15 is 0 Å². The van der Waals surface area contributed by atoms with Crippen LogP contribution in [0.5, 0.6) is 5.75 Å². The van der Waals surface area contributed by atoms with Gasteiger partial charge in [0, 0.05) is 17.9 Å². The molecule has 2 aromatic carbocycles. The van der Waals surface area contributed by atoms with Gasteiger partial charge in [0.2, 0.25) is 0 Å². The number of halogens is 1. The highest BCUT2D eigenvalue weighted by Crippen LogP contribution is 2.23. The molecule has 0 radical (unpaired) electrons. The van der Waals surface area contributed by atoms with E-state index in [0.717, 1.165) is 45.3 Å². The first-order valence-corrected chi connectivity index (χ1v) is 9.88. The van der Waals surface area contributed by atoms with Crippen molar-refractivity contribution in [3.8, 4) is 5.75 Å². The summed E-state index contributed by atoms with van der Waals surface area (Å²) in [4.78, 5) is 27.0. The molecule has 3 rings (SSSR count). The molecule has 0 aromatic heterocycles. The maximum atomic E-state index is 13.0. The number of phenolic OH excluding ortho intramolecular Hbond substituents is 1. The molecule has 1 aliphatic rings. The van der Waals surface area contributed by atoms with E-state index in [1.165, 1.54) is 18.2 Å². The number of unbranched alkanes of at least 4 members (excludes halogenated alkanes) is 1. The van der Waals surface area contributed by atoms with Crippen LogP contribution in [0.1, 0.15) is 52.8 Å². The minimum absolute atomic E-state index is 0.00402. The Labute approximate surface area is 165 Å². The summed E-state index contributed by atoms with van der Waals surface area (Å²) in [5.41, 5.74) is 0.977. The number of Topliss-reactive ketones (excluding diaryl/α,β-unsaturated/α-hetero) is 2. The summed E-state index contributed by atoms with van der Waals surface area (Å²) in [6.45, 7) is 2.64. The van der Waals surface area contributed by atoms with E-state index in [1.54, 1.807) is 30.3 Å². The van der Waals surface area contributed by atoms with Crippen molar-refractivity contribution in [2.24, 2.45) is 5.92 Å². The van der Waals surface area contributed by atoms with Gasteiger partial charge in [-0.1, -0.05) is 12.1 Å². The van der Waals surface area contributed by atoms with Crippen LogP contribution in [0.2, 0.25) is 0 Å². The number of likely N-dealkylation sites (tertiary alicyclic amines) is 1. The van der Waals surface area contributed by atoms with Crippen molar-refractivity contribution in [2.75, 3.05) is 19.6 Å². The van der Waals surface area contributed by atoms with Gasteiger partial charge < -0.3 is 10.0 Å². The molecule has 1 saturated heterocycles. The maximum absolute atomic E-state index is 13.0. The summed E-state index contributed by atoms with van der Waals surface area (Å²) >= 11 is 0. The van der Waals surface area contributed by atoms with Crippen LogP contribution in [-0.4, -0.2) is 41.2 Å². The van der Waals surface area contributed by atoms with Crippen molar-refractivity contribution in [2.45, 2.75) is 32.1 Å². The molecule has 0 aliphatic carbocycles. The topological polar surface area (TPSA) is 57.6 Å². The molecule has 1 heterocycles. The third kappa shape index (κ3) is 5.26. The minimum Gasteiger partial charge on any atom is -0.507 e. The van der Waals surface area contributed by atoms with Crippen molar-refractivity contribution < 1.29 is 19.1 Å². The highest BCUT2D eigenvalue weighted by Gasteiger charge is 2.25. The van der Waals surface area contributed by atoms with Crippen LogP contribution in [-0.2, 0) is 0 Å². The van der Waals surface area contributed by atoms with Crippen molar-refractivity contribution in [1.82, 2.24) is 4.90 Å². The molecule has 4 nitrogen and oxygen atoms in total. The fourth-order valence-electron chi connectivity index (χ4n) is 3.73. The number of nitrogens with zero attached hydrogens (tertiary/aromatic N) is 1. The van der Waals surface area contributed by atoms with Gasteiger partial charge in [-0.15, -0.1) is 0 Å². The van der Waals surface area contributed by atoms with Gasteiger partial charge in [0.1, 0.15) is 11.6 Å². The molecular weight excluding hydrogens is 357 g/mol. The lowest BCUT2D eigenvalue weighted by atomic mass is 9.89. The molecule has 0 saturated carbocycles. The molecule has 1 N–H and O–H groups in total. The summed E-state index contributed by atoms with van der Waals surface area (Å²) in [6, 6.07) is 12.4. The van der Waals surface area contributed by atoms with Gasteiger partial charge in [0.15, 0.2) is 11.6 Å². The van der Waals surface area contributed by atoms with Crippen LogP contribution in [0.25, 0.3) is 0 Å². The number of phenols is 1. The Morgan fingerprint density at radius 1 is 1.00 bits per heavy atom. The number of carbonyl (C=O) groups excluding carboxylic acids is 2. The molecule has 0 unspecified atom stereocenters. The number of carbonyl (C=O) groups is 2. The summed E-state index contributed by atoms with van der Waals surface area (Å²) < 4.78 is 13.0. The van der Waals surface area contributed by atoms with Crippen molar-refractivity contribution in [3.63, 3.8) is 0 Å². The molecule has 0 amide bonds. The van der Waals surface area contributed by atoms with Gasteiger partial charge in [-0.3, -0.25) is 9.59 Å². The van der Waals surface area contributed by atoms with Gasteiger partial charge in [0.25, 0.3) is 0 Å². The molecule has 0 spiro atoms. The average molecular weight is 383 g/mol. The molecule has 28 heavy (non-hydrogen) atoms. The number of rotatable bonds is 8. The Morgan fingerprint density at radius 2 is 1.68 bits per heavy atom. The third-order valence-electron chi connectivity index (χ3n) is 5.42. The Bertz CT molecular complexity index is 811. The molecule has 148 valence electrons. The van der Waals surface area contributed by atoms with E-state index in [0.29, 0.717) is 17.5 Å². The highest BCUT2D eigenvalue weighted by molar-refractivity contribution is 5.98. The van der Waals surface area contributed by atoms with E-state index in [-0.39, 0.29) is 29.1 Å². The Kier molecular flexibility index (Phi) is 6.93. The summed E-state index contributed by atoms with van der Waals surface area (Å²) in [5, 5.41) is 9.73. The Hall–Kier alpha value is -2.53. The summed E-state index contributed by atoms with van der Waals surface area (Å²) in [5.74, 6) is -0.202. The second-order valence-electron chi connectivity index (χ2n) is 7.38. The summed E-state index contributed by atoms with van der Waals surface area (Å²) in [7, 11) is 0. The molecule has 2 aromatic rings. The van der Waals surface area contributed by atoms with Gasteiger partial charge in [0.05, 0.1) is 5.56 Å². The lowest BCUT2D eigenvalue weighted by Gasteiger charge is -2.31. The standard InChI is InChI=1S/C23H26FNO3/c24-19-10-8-17(9-11-19)23(28)18-12-15-25(16-13-18)14-4-3-7-22(27)20-5-1-2-6-21(20)26/h1-2,5-6,8-11,18,26H,3-4,7,12-16H2. The van der Waals surface area contributed by atoms with Gasteiger partial charge in [-0.2, -0.15) is 0 Å². The SMILES string of the molecule is O=C(CCCCN1CCC(C(=O)c2ccc(F)cc2)CC1)c1ccccc1O. The van der Waals surface area contributed by atoms with E-state index < -0.39 is 0 Å². The normalized spacial score (nSPS) is 15.5. The van der Waals surface area contributed by atoms with Gasteiger partial charge >= 0.3 is 0 Å². The smallest absolute Gasteiger partial charge is 0.166 e. The van der Waals surface area contributed by atoms with Crippen LogP contribution in [0, 0.1) is 11.7 Å². The van der Waals surface area contributed by atoms with Crippen molar-refractivity contribution in [1.29, 1.82) is 0 Å². The molecule has 1 aliphatic heterocycles. The molecule has 0 bridgehead atoms. The second kappa shape index (κ2) is 9.60. The van der Waals surface area contributed by atoms with E-state index in [2.05, 4.69) is 4.90 Å². The lowest BCUT2D eigenvalue weighted by molar-refractivity contribution is 0.0836. The zero-order valence-electron chi connectivity index (χ0n) is 15.9. The minimum atomic E-state index is -0.327. The second-order valence-corrected chi connectivity index (χ2v) is 7.38. The molecule has 0 atom stereocenters. The van der Waals surface area contributed by atoms with Crippen LogP contribution in [0.15, 0.2) is 48.5 Å². The Balaban J connectivity index is 1.37. The first-order valence-electron chi connectivity index (χ1n) is 9.88. The zero-order chi connectivity index (χ0) is 19.9.